The van der Waals surface area contributed by atoms with Crippen molar-refractivity contribution in [2.75, 3.05) is 26.2 Å². The van der Waals surface area contributed by atoms with Gasteiger partial charge in [0.15, 0.2) is 0 Å². The standard InChI is InChI=1S/C14H25N3O4/c1-2-3-7-15-13(20)11-5-4-9-17(10-11)14(21)16-8-6-12(18)19/h11H,2-10H2,1H3,(H,15,20)(H,16,21)(H,18,19). The van der Waals surface area contributed by atoms with E-state index in [9.17, 15) is 14.4 Å². The van der Waals surface area contributed by atoms with Crippen molar-refractivity contribution >= 4 is 17.9 Å². The van der Waals surface area contributed by atoms with Crippen molar-refractivity contribution in [3.8, 4) is 0 Å². The second-order valence-electron chi connectivity index (χ2n) is 5.31. The van der Waals surface area contributed by atoms with E-state index in [1.54, 1.807) is 4.90 Å². The minimum absolute atomic E-state index is 0.00601. The van der Waals surface area contributed by atoms with Gasteiger partial charge in [-0.3, -0.25) is 9.59 Å². The van der Waals surface area contributed by atoms with Crippen LogP contribution in [0, 0.1) is 5.92 Å². The number of carboxylic acid groups (broad SMARTS) is 1. The van der Waals surface area contributed by atoms with Crippen LogP contribution in [-0.4, -0.2) is 54.1 Å². The first-order chi connectivity index (χ1) is 10.0. The number of amides is 3. The summed E-state index contributed by atoms with van der Waals surface area (Å²) < 4.78 is 0. The SMILES string of the molecule is CCCCNC(=O)C1CCCN(C(=O)NCCC(=O)O)C1. The second kappa shape index (κ2) is 9.20. The number of nitrogens with one attached hydrogen (secondary N) is 2. The molecule has 0 aromatic rings. The van der Waals surface area contributed by atoms with Crippen molar-refractivity contribution in [2.45, 2.75) is 39.0 Å². The predicted molar refractivity (Wildman–Crippen MR) is 77.9 cm³/mol. The Morgan fingerprint density at radius 3 is 2.67 bits per heavy atom. The lowest BCUT2D eigenvalue weighted by atomic mass is 9.97. The Labute approximate surface area is 125 Å². The number of urea groups is 1. The highest BCUT2D eigenvalue weighted by atomic mass is 16.4. The van der Waals surface area contributed by atoms with Crippen molar-refractivity contribution in [3.63, 3.8) is 0 Å². The first kappa shape index (κ1) is 17.3. The third-order valence-electron chi connectivity index (χ3n) is 3.52. The fourth-order valence-electron chi connectivity index (χ4n) is 2.30. The number of aliphatic carboxylic acids is 1. The number of unbranched alkanes of at least 4 members (excludes halogenated alkanes) is 1. The van der Waals surface area contributed by atoms with Gasteiger partial charge in [0.25, 0.3) is 0 Å². The molecule has 7 heteroatoms. The number of hydrogen-bond acceptors (Lipinski definition) is 3. The quantitative estimate of drug-likeness (QED) is 0.605. The molecule has 1 unspecified atom stereocenters. The average molecular weight is 299 g/mol. The molecule has 1 heterocycles. The summed E-state index contributed by atoms with van der Waals surface area (Å²) in [6.45, 7) is 3.86. The summed E-state index contributed by atoms with van der Waals surface area (Å²) in [4.78, 5) is 35.9. The topological polar surface area (TPSA) is 98.7 Å². The summed E-state index contributed by atoms with van der Waals surface area (Å²) in [6, 6.07) is -0.290. The van der Waals surface area contributed by atoms with Gasteiger partial charge < -0.3 is 20.6 Å². The minimum Gasteiger partial charge on any atom is -0.481 e. The molecular weight excluding hydrogens is 274 g/mol. The number of carbonyl (C=O) groups excluding carboxylic acids is 2. The Balaban J connectivity index is 2.35. The van der Waals surface area contributed by atoms with Crippen molar-refractivity contribution in [1.29, 1.82) is 0 Å². The largest absolute Gasteiger partial charge is 0.481 e. The molecule has 1 aliphatic heterocycles. The summed E-state index contributed by atoms with van der Waals surface area (Å²) >= 11 is 0. The highest BCUT2D eigenvalue weighted by molar-refractivity contribution is 5.81. The van der Waals surface area contributed by atoms with E-state index in [2.05, 4.69) is 17.6 Å². The molecule has 0 aliphatic carbocycles. The maximum absolute atomic E-state index is 12.0. The Kier molecular flexibility index (Phi) is 7.56. The molecule has 1 atom stereocenters. The zero-order chi connectivity index (χ0) is 15.7. The third-order valence-corrected chi connectivity index (χ3v) is 3.52. The third kappa shape index (κ3) is 6.46. The van der Waals surface area contributed by atoms with Crippen LogP contribution in [0.2, 0.25) is 0 Å². The average Bonchev–Trinajstić information content (AvgIpc) is 2.47. The first-order valence-electron chi connectivity index (χ1n) is 7.56. The van der Waals surface area contributed by atoms with E-state index in [-0.39, 0.29) is 30.8 Å². The Morgan fingerprint density at radius 1 is 1.24 bits per heavy atom. The lowest BCUT2D eigenvalue weighted by molar-refractivity contribution is -0.136. The molecule has 1 aliphatic rings. The second-order valence-corrected chi connectivity index (χ2v) is 5.31. The summed E-state index contributed by atoms with van der Waals surface area (Å²) in [5.41, 5.74) is 0. The summed E-state index contributed by atoms with van der Waals surface area (Å²) in [5, 5.41) is 14.0. The molecule has 3 amide bonds. The van der Waals surface area contributed by atoms with Crippen LogP contribution in [0.4, 0.5) is 4.79 Å². The van der Waals surface area contributed by atoms with E-state index in [0.29, 0.717) is 19.6 Å². The number of piperidine rings is 1. The maximum Gasteiger partial charge on any atom is 0.317 e. The number of nitrogens with zero attached hydrogens (tertiary/aromatic N) is 1. The van der Waals surface area contributed by atoms with E-state index in [0.717, 1.165) is 25.7 Å². The van der Waals surface area contributed by atoms with Crippen LogP contribution in [0.3, 0.4) is 0 Å². The van der Waals surface area contributed by atoms with Crippen LogP contribution in [0.1, 0.15) is 39.0 Å². The number of likely N-dealkylation sites (tertiary alicyclic amines) is 1. The lowest BCUT2D eigenvalue weighted by Crippen LogP contribution is -2.49. The number of carbonyl (C=O) groups is 3. The minimum atomic E-state index is -0.942. The molecule has 120 valence electrons. The first-order valence-corrected chi connectivity index (χ1v) is 7.56. The monoisotopic (exact) mass is 299 g/mol. The van der Waals surface area contributed by atoms with Gasteiger partial charge in [-0.1, -0.05) is 13.3 Å². The van der Waals surface area contributed by atoms with Gasteiger partial charge in [0, 0.05) is 26.2 Å². The molecule has 3 N–H and O–H groups in total. The highest BCUT2D eigenvalue weighted by Crippen LogP contribution is 2.16. The molecule has 1 rings (SSSR count). The molecule has 0 aromatic carbocycles. The van der Waals surface area contributed by atoms with Crippen LogP contribution in [0.5, 0.6) is 0 Å². The number of rotatable bonds is 7. The van der Waals surface area contributed by atoms with E-state index in [1.165, 1.54) is 0 Å². The normalized spacial score (nSPS) is 18.1. The molecule has 0 spiro atoms. The van der Waals surface area contributed by atoms with Gasteiger partial charge in [0.1, 0.15) is 0 Å². The molecule has 0 radical (unpaired) electrons. The predicted octanol–water partition coefficient (Wildman–Crippen LogP) is 0.799. The van der Waals surface area contributed by atoms with Crippen LogP contribution >= 0.6 is 0 Å². The molecule has 1 saturated heterocycles. The highest BCUT2D eigenvalue weighted by Gasteiger charge is 2.28. The van der Waals surface area contributed by atoms with Gasteiger partial charge in [-0.05, 0) is 19.3 Å². The Hall–Kier alpha value is -1.79. The fourth-order valence-corrected chi connectivity index (χ4v) is 2.30. The Morgan fingerprint density at radius 2 is 2.00 bits per heavy atom. The van der Waals surface area contributed by atoms with Crippen LogP contribution < -0.4 is 10.6 Å². The van der Waals surface area contributed by atoms with E-state index in [4.69, 9.17) is 5.11 Å². The van der Waals surface area contributed by atoms with Crippen molar-refractivity contribution in [2.24, 2.45) is 5.92 Å². The molecule has 0 saturated carbocycles. The van der Waals surface area contributed by atoms with Gasteiger partial charge in [0.2, 0.25) is 5.91 Å². The van der Waals surface area contributed by atoms with Gasteiger partial charge in [-0.15, -0.1) is 0 Å². The van der Waals surface area contributed by atoms with Crippen molar-refractivity contribution < 1.29 is 19.5 Å². The number of hydrogen-bond donors (Lipinski definition) is 3. The molecular formula is C14H25N3O4. The summed E-state index contributed by atoms with van der Waals surface area (Å²) in [6.07, 6.45) is 3.47. The molecule has 1 fully saturated rings. The van der Waals surface area contributed by atoms with Gasteiger partial charge in [-0.25, -0.2) is 4.79 Å². The maximum atomic E-state index is 12.0. The molecule has 21 heavy (non-hydrogen) atoms. The van der Waals surface area contributed by atoms with Crippen molar-refractivity contribution in [3.05, 3.63) is 0 Å². The van der Waals surface area contributed by atoms with E-state index in [1.807, 2.05) is 0 Å². The van der Waals surface area contributed by atoms with Crippen LogP contribution in [0.15, 0.2) is 0 Å². The Bertz CT molecular complexity index is 373. The molecule has 7 nitrogen and oxygen atoms in total. The lowest BCUT2D eigenvalue weighted by Gasteiger charge is -2.32. The molecule has 0 aromatic heterocycles. The van der Waals surface area contributed by atoms with E-state index >= 15 is 0 Å². The van der Waals surface area contributed by atoms with Gasteiger partial charge in [0.05, 0.1) is 12.3 Å². The summed E-state index contributed by atoms with van der Waals surface area (Å²) in [7, 11) is 0. The smallest absolute Gasteiger partial charge is 0.317 e. The van der Waals surface area contributed by atoms with E-state index < -0.39 is 5.97 Å². The van der Waals surface area contributed by atoms with Crippen LogP contribution in [0.25, 0.3) is 0 Å². The zero-order valence-electron chi connectivity index (χ0n) is 12.6. The fraction of sp³-hybridized carbons (Fsp3) is 0.786. The number of carboxylic acids is 1. The zero-order valence-corrected chi connectivity index (χ0v) is 12.6. The van der Waals surface area contributed by atoms with Gasteiger partial charge in [-0.2, -0.15) is 0 Å². The molecule has 0 bridgehead atoms. The van der Waals surface area contributed by atoms with Crippen molar-refractivity contribution in [1.82, 2.24) is 15.5 Å². The summed E-state index contributed by atoms with van der Waals surface area (Å²) in [5.74, 6) is -1.10. The van der Waals surface area contributed by atoms with Crippen LogP contribution in [-0.2, 0) is 9.59 Å². The van der Waals surface area contributed by atoms with Gasteiger partial charge >= 0.3 is 12.0 Å².